The Kier molecular flexibility index (Phi) is 2.80. The Balaban J connectivity index is 2.50. The average molecular weight is 289 g/mol. The molecule has 1 aromatic carbocycles. The van der Waals surface area contributed by atoms with E-state index in [2.05, 4.69) is 15.9 Å². The monoisotopic (exact) mass is 287 g/mol. The van der Waals surface area contributed by atoms with Crippen molar-refractivity contribution in [2.75, 3.05) is 17.3 Å². The minimum absolute atomic E-state index is 0.314. The molecule has 0 bridgehead atoms. The van der Waals surface area contributed by atoms with Gasteiger partial charge in [-0.25, -0.2) is 0 Å². The van der Waals surface area contributed by atoms with Gasteiger partial charge in [-0.15, -0.1) is 11.6 Å². The number of nitrogens with zero attached hydrogens (tertiary/aromatic N) is 1. The third-order valence-electron chi connectivity index (χ3n) is 2.24. The Morgan fingerprint density at radius 3 is 2.73 bits per heavy atom. The summed E-state index contributed by atoms with van der Waals surface area (Å²) in [6, 6.07) is 5.20. The van der Waals surface area contributed by atoms with Crippen LogP contribution in [0.1, 0.15) is 10.4 Å². The highest BCUT2D eigenvalue weighted by Crippen LogP contribution is 2.30. The van der Waals surface area contributed by atoms with Crippen molar-refractivity contribution in [2.45, 2.75) is 0 Å². The molecule has 78 valence electrons. The topological polar surface area (TPSA) is 37.4 Å². The third kappa shape index (κ3) is 1.68. The van der Waals surface area contributed by atoms with E-state index in [0.29, 0.717) is 23.7 Å². The molecule has 2 rings (SSSR count). The lowest BCUT2D eigenvalue weighted by Crippen LogP contribution is -2.31. The van der Waals surface area contributed by atoms with Crippen molar-refractivity contribution in [2.24, 2.45) is 0 Å². The Labute approximate surface area is 100 Å². The molecule has 1 heterocycles. The van der Waals surface area contributed by atoms with E-state index in [1.165, 1.54) is 4.90 Å². The fourth-order valence-corrected chi connectivity index (χ4v) is 2.11. The Morgan fingerprint density at radius 1 is 1.33 bits per heavy atom. The smallest absolute Gasteiger partial charge is 0.299 e. The van der Waals surface area contributed by atoms with Crippen molar-refractivity contribution in [3.63, 3.8) is 0 Å². The molecule has 3 nitrogen and oxygen atoms in total. The summed E-state index contributed by atoms with van der Waals surface area (Å²) >= 11 is 8.84. The summed E-state index contributed by atoms with van der Waals surface area (Å²) in [5, 5.41) is 0. The fourth-order valence-electron chi connectivity index (χ4n) is 1.58. The molecule has 0 fully saturated rings. The van der Waals surface area contributed by atoms with Gasteiger partial charge in [-0.2, -0.15) is 0 Å². The highest BCUT2D eigenvalue weighted by molar-refractivity contribution is 9.10. The summed E-state index contributed by atoms with van der Waals surface area (Å²) in [5.74, 6) is -0.644. The molecular weight excluding hydrogens is 281 g/mol. The molecule has 0 aromatic heterocycles. The van der Waals surface area contributed by atoms with E-state index >= 15 is 0 Å². The summed E-state index contributed by atoms with van der Waals surface area (Å²) in [7, 11) is 0. The molecule has 0 N–H and O–H groups in total. The first-order chi connectivity index (χ1) is 7.15. The molecule has 0 unspecified atom stereocenters. The molecular formula is C10H7BrClNO2. The molecule has 0 saturated carbocycles. The van der Waals surface area contributed by atoms with Gasteiger partial charge in [0.1, 0.15) is 0 Å². The lowest BCUT2D eigenvalue weighted by atomic mass is 10.1. The van der Waals surface area contributed by atoms with Crippen LogP contribution in [0.2, 0.25) is 0 Å². The zero-order valence-electron chi connectivity index (χ0n) is 7.67. The number of carbonyl (C=O) groups is 2. The molecule has 5 heteroatoms. The summed E-state index contributed by atoms with van der Waals surface area (Å²) < 4.78 is 0.787. The molecule has 1 amide bonds. The van der Waals surface area contributed by atoms with Crippen molar-refractivity contribution in [1.82, 2.24) is 0 Å². The molecule has 0 radical (unpaired) electrons. The minimum Gasteiger partial charge on any atom is -0.304 e. The number of ketones is 1. The van der Waals surface area contributed by atoms with E-state index in [0.717, 1.165) is 4.47 Å². The van der Waals surface area contributed by atoms with Crippen molar-refractivity contribution < 1.29 is 9.59 Å². The number of hydrogen-bond donors (Lipinski definition) is 0. The molecule has 1 aromatic rings. The van der Waals surface area contributed by atoms with Crippen molar-refractivity contribution >= 4 is 44.9 Å². The summed E-state index contributed by atoms with van der Waals surface area (Å²) in [5.41, 5.74) is 1.09. The largest absolute Gasteiger partial charge is 0.304 e. The van der Waals surface area contributed by atoms with E-state index < -0.39 is 11.7 Å². The van der Waals surface area contributed by atoms with Crippen LogP contribution in [0.3, 0.4) is 0 Å². The van der Waals surface area contributed by atoms with Crippen molar-refractivity contribution in [3.8, 4) is 0 Å². The lowest BCUT2D eigenvalue weighted by Gasteiger charge is -2.14. The van der Waals surface area contributed by atoms with E-state index in [9.17, 15) is 9.59 Å². The van der Waals surface area contributed by atoms with Crippen LogP contribution in [-0.4, -0.2) is 24.1 Å². The van der Waals surface area contributed by atoms with Gasteiger partial charge in [-0.3, -0.25) is 9.59 Å². The number of fused-ring (bicyclic) bond motifs is 1. The minimum atomic E-state index is -0.497. The Bertz CT molecular complexity index is 447. The van der Waals surface area contributed by atoms with Gasteiger partial charge in [-0.05, 0) is 18.2 Å². The number of alkyl halides is 1. The first-order valence-electron chi connectivity index (χ1n) is 4.37. The normalized spacial score (nSPS) is 14.7. The molecule has 0 atom stereocenters. The number of carbonyl (C=O) groups excluding carboxylic acids is 2. The number of benzene rings is 1. The molecule has 15 heavy (non-hydrogen) atoms. The van der Waals surface area contributed by atoms with Crippen molar-refractivity contribution in [3.05, 3.63) is 28.2 Å². The van der Waals surface area contributed by atoms with E-state index in [1.807, 2.05) is 0 Å². The van der Waals surface area contributed by atoms with Gasteiger partial charge in [0.05, 0.1) is 11.3 Å². The summed E-state index contributed by atoms with van der Waals surface area (Å²) in [4.78, 5) is 24.6. The SMILES string of the molecule is O=C1C(=O)N(CCCl)c2ccc(Br)cc21. The number of amides is 1. The van der Waals surface area contributed by atoms with Crippen LogP contribution in [-0.2, 0) is 4.79 Å². The first kappa shape index (κ1) is 10.6. The standard InChI is InChI=1S/C10H7BrClNO2/c11-6-1-2-8-7(5-6)9(14)10(15)13(8)4-3-12/h1-2,5H,3-4H2. The van der Waals surface area contributed by atoms with Crippen LogP contribution in [0.15, 0.2) is 22.7 Å². The quantitative estimate of drug-likeness (QED) is 0.618. The predicted molar refractivity (Wildman–Crippen MR) is 61.5 cm³/mol. The molecule has 0 saturated heterocycles. The van der Waals surface area contributed by atoms with Gasteiger partial charge in [0, 0.05) is 16.9 Å². The van der Waals surface area contributed by atoms with Crippen LogP contribution >= 0.6 is 27.5 Å². The molecule has 0 spiro atoms. The van der Waals surface area contributed by atoms with Crippen LogP contribution < -0.4 is 4.90 Å². The maximum Gasteiger partial charge on any atom is 0.299 e. The fraction of sp³-hybridized carbons (Fsp3) is 0.200. The number of anilines is 1. The lowest BCUT2D eigenvalue weighted by molar-refractivity contribution is -0.114. The second-order valence-corrected chi connectivity index (χ2v) is 4.43. The maximum atomic E-state index is 11.6. The first-order valence-corrected chi connectivity index (χ1v) is 5.69. The van der Waals surface area contributed by atoms with Crippen molar-refractivity contribution in [1.29, 1.82) is 0 Å². The van der Waals surface area contributed by atoms with Gasteiger partial charge in [0.25, 0.3) is 11.7 Å². The van der Waals surface area contributed by atoms with Gasteiger partial charge in [0.2, 0.25) is 0 Å². The average Bonchev–Trinajstić information content (AvgIpc) is 2.44. The number of hydrogen-bond acceptors (Lipinski definition) is 2. The van der Waals surface area contributed by atoms with Gasteiger partial charge >= 0.3 is 0 Å². The second kappa shape index (κ2) is 3.94. The Hall–Kier alpha value is -0.870. The van der Waals surface area contributed by atoms with Crippen LogP contribution in [0.25, 0.3) is 0 Å². The van der Waals surface area contributed by atoms with Crippen LogP contribution in [0.5, 0.6) is 0 Å². The second-order valence-electron chi connectivity index (χ2n) is 3.14. The zero-order valence-corrected chi connectivity index (χ0v) is 10.0. The molecule has 1 aliphatic heterocycles. The highest BCUT2D eigenvalue weighted by Gasteiger charge is 2.35. The number of halogens is 2. The van der Waals surface area contributed by atoms with E-state index in [1.54, 1.807) is 18.2 Å². The maximum absolute atomic E-state index is 11.6. The summed E-state index contributed by atoms with van der Waals surface area (Å²) in [6.45, 7) is 0.362. The van der Waals surface area contributed by atoms with E-state index in [-0.39, 0.29) is 0 Å². The zero-order chi connectivity index (χ0) is 11.0. The number of rotatable bonds is 2. The summed E-state index contributed by atoms with van der Waals surface area (Å²) in [6.07, 6.45) is 0. The van der Waals surface area contributed by atoms with Crippen LogP contribution in [0, 0.1) is 0 Å². The van der Waals surface area contributed by atoms with Gasteiger partial charge < -0.3 is 4.90 Å². The molecule has 1 aliphatic rings. The number of Topliss-reactive ketones (excluding diaryl/α,β-unsaturated/α-hetero) is 1. The van der Waals surface area contributed by atoms with Gasteiger partial charge in [0.15, 0.2) is 0 Å². The Morgan fingerprint density at radius 2 is 2.07 bits per heavy atom. The predicted octanol–water partition coefficient (Wildman–Crippen LogP) is 2.22. The third-order valence-corrected chi connectivity index (χ3v) is 2.90. The van der Waals surface area contributed by atoms with Gasteiger partial charge in [-0.1, -0.05) is 15.9 Å². The van der Waals surface area contributed by atoms with E-state index in [4.69, 9.17) is 11.6 Å². The van der Waals surface area contributed by atoms with Crippen LogP contribution in [0.4, 0.5) is 5.69 Å². The highest BCUT2D eigenvalue weighted by atomic mass is 79.9. The molecule has 0 aliphatic carbocycles.